The van der Waals surface area contributed by atoms with Gasteiger partial charge in [-0.2, -0.15) is 0 Å². The van der Waals surface area contributed by atoms with Crippen LogP contribution in [-0.2, 0) is 16.0 Å². The van der Waals surface area contributed by atoms with Gasteiger partial charge in [-0.3, -0.25) is 4.90 Å². The van der Waals surface area contributed by atoms with Crippen molar-refractivity contribution in [1.82, 2.24) is 4.90 Å². The van der Waals surface area contributed by atoms with Crippen LogP contribution in [-0.4, -0.2) is 42.1 Å². The summed E-state index contributed by atoms with van der Waals surface area (Å²) in [4.78, 5) is 2.32. The summed E-state index contributed by atoms with van der Waals surface area (Å²) in [7, 11) is 0. The number of nitrogens with zero attached hydrogens (tertiary/aromatic N) is 1. The van der Waals surface area contributed by atoms with E-state index < -0.39 is 0 Å². The number of hydrogen-bond donors (Lipinski definition) is 2. The lowest BCUT2D eigenvalue weighted by Crippen LogP contribution is -2.48. The number of hydrogen-bond acceptors (Lipinski definition) is 5. The van der Waals surface area contributed by atoms with Gasteiger partial charge < -0.3 is 20.3 Å². The van der Waals surface area contributed by atoms with Crippen LogP contribution in [0.2, 0.25) is 0 Å². The molecular weight excluding hydrogens is 244 g/mol. The topological polar surface area (TPSA) is 68.0 Å². The molecule has 19 heavy (non-hydrogen) atoms. The number of anilines is 1. The maximum Gasteiger partial charge on any atom is 0.181 e. The van der Waals surface area contributed by atoms with Gasteiger partial charge in [-0.15, -0.1) is 0 Å². The van der Waals surface area contributed by atoms with Gasteiger partial charge in [-0.1, -0.05) is 6.07 Å². The number of ether oxygens (including phenoxy) is 2. The van der Waals surface area contributed by atoms with Gasteiger partial charge in [0.2, 0.25) is 0 Å². The van der Waals surface area contributed by atoms with E-state index in [0.29, 0.717) is 18.9 Å². The minimum absolute atomic E-state index is 0.140. The minimum Gasteiger partial charge on any atom is -0.506 e. The summed E-state index contributed by atoms with van der Waals surface area (Å²) in [6.07, 6.45) is 2.05. The Bertz CT molecular complexity index is 458. The van der Waals surface area contributed by atoms with Crippen LogP contribution in [0.25, 0.3) is 0 Å². The number of nitrogens with two attached hydrogens (primary N) is 1. The number of likely N-dealkylation sites (tertiary alicyclic amines) is 1. The molecule has 0 amide bonds. The fraction of sp³-hybridized carbons (Fsp3) is 0.571. The third kappa shape index (κ3) is 2.68. The van der Waals surface area contributed by atoms with E-state index in [0.717, 1.165) is 38.0 Å². The standard InChI is InChI=1S/C14H20N2O3/c15-12-8-11(2-3-13(12)17)9-16-5-1-4-14(10-16)18-6-7-19-14/h2-3,8,17H,1,4-7,9-10,15H2. The van der Waals surface area contributed by atoms with Gasteiger partial charge >= 0.3 is 0 Å². The number of nitrogen functional groups attached to an aromatic ring is 1. The monoisotopic (exact) mass is 264 g/mol. The average molecular weight is 264 g/mol. The smallest absolute Gasteiger partial charge is 0.181 e. The molecule has 2 fully saturated rings. The van der Waals surface area contributed by atoms with Gasteiger partial charge in [0.1, 0.15) is 5.75 Å². The fourth-order valence-electron chi connectivity index (χ4n) is 2.90. The van der Waals surface area contributed by atoms with E-state index >= 15 is 0 Å². The second-order valence-electron chi connectivity index (χ2n) is 5.31. The van der Waals surface area contributed by atoms with Gasteiger partial charge in [-0.25, -0.2) is 0 Å². The van der Waals surface area contributed by atoms with Gasteiger partial charge in [-0.05, 0) is 30.7 Å². The molecule has 2 aliphatic heterocycles. The van der Waals surface area contributed by atoms with Crippen molar-refractivity contribution in [2.24, 2.45) is 0 Å². The molecule has 0 aliphatic carbocycles. The third-order valence-electron chi connectivity index (χ3n) is 3.81. The molecule has 0 unspecified atom stereocenters. The first-order valence-electron chi connectivity index (χ1n) is 6.75. The normalized spacial score (nSPS) is 22.9. The molecule has 3 rings (SSSR count). The summed E-state index contributed by atoms with van der Waals surface area (Å²) in [5.41, 5.74) is 7.25. The zero-order valence-corrected chi connectivity index (χ0v) is 11.0. The highest BCUT2D eigenvalue weighted by molar-refractivity contribution is 5.53. The number of phenols is 1. The second-order valence-corrected chi connectivity index (χ2v) is 5.31. The van der Waals surface area contributed by atoms with Crippen LogP contribution >= 0.6 is 0 Å². The number of aromatic hydroxyl groups is 1. The zero-order valence-electron chi connectivity index (χ0n) is 11.0. The molecule has 104 valence electrons. The molecule has 2 heterocycles. The number of phenolic OH excluding ortho intramolecular Hbond substituents is 1. The Balaban J connectivity index is 1.67. The average Bonchev–Trinajstić information content (AvgIpc) is 2.82. The highest BCUT2D eigenvalue weighted by Crippen LogP contribution is 2.31. The Morgan fingerprint density at radius 1 is 1.32 bits per heavy atom. The Kier molecular flexibility index (Phi) is 3.35. The van der Waals surface area contributed by atoms with Crippen molar-refractivity contribution < 1.29 is 14.6 Å². The van der Waals surface area contributed by atoms with E-state index in [-0.39, 0.29) is 11.5 Å². The van der Waals surface area contributed by atoms with Gasteiger partial charge in [0.15, 0.2) is 5.79 Å². The number of rotatable bonds is 2. The van der Waals surface area contributed by atoms with Crippen molar-refractivity contribution in [2.75, 3.05) is 32.0 Å². The maximum absolute atomic E-state index is 9.44. The molecule has 3 N–H and O–H groups in total. The van der Waals surface area contributed by atoms with Crippen LogP contribution in [0.1, 0.15) is 18.4 Å². The molecule has 1 aromatic carbocycles. The molecule has 5 heteroatoms. The van der Waals surface area contributed by atoms with Crippen molar-refractivity contribution in [3.05, 3.63) is 23.8 Å². The molecule has 2 saturated heterocycles. The summed E-state index contributed by atoms with van der Waals surface area (Å²) >= 11 is 0. The first kappa shape index (κ1) is 12.7. The fourth-order valence-corrected chi connectivity index (χ4v) is 2.90. The van der Waals surface area contributed by atoms with Crippen LogP contribution in [0.3, 0.4) is 0 Å². The Morgan fingerprint density at radius 3 is 2.84 bits per heavy atom. The van der Waals surface area contributed by atoms with Crippen molar-refractivity contribution in [2.45, 2.75) is 25.2 Å². The first-order chi connectivity index (χ1) is 9.17. The molecular formula is C14H20N2O3. The van der Waals surface area contributed by atoms with Crippen molar-refractivity contribution in [1.29, 1.82) is 0 Å². The summed E-state index contributed by atoms with van der Waals surface area (Å²) in [6.45, 7) is 4.03. The zero-order chi connectivity index (χ0) is 13.3. The summed E-state index contributed by atoms with van der Waals surface area (Å²) in [6, 6.07) is 5.38. The second kappa shape index (κ2) is 5.00. The van der Waals surface area contributed by atoms with Crippen molar-refractivity contribution in [3.8, 4) is 5.75 Å². The van der Waals surface area contributed by atoms with Gasteiger partial charge in [0, 0.05) is 13.0 Å². The molecule has 2 aliphatic rings. The lowest BCUT2D eigenvalue weighted by atomic mass is 10.0. The SMILES string of the molecule is Nc1cc(CN2CCCC3(C2)OCCO3)ccc1O. The van der Waals surface area contributed by atoms with Crippen LogP contribution in [0.4, 0.5) is 5.69 Å². The highest BCUT2D eigenvalue weighted by atomic mass is 16.7. The van der Waals surface area contributed by atoms with Crippen LogP contribution in [0.5, 0.6) is 5.75 Å². The Hall–Kier alpha value is -1.30. The number of benzene rings is 1. The highest BCUT2D eigenvalue weighted by Gasteiger charge is 2.40. The third-order valence-corrected chi connectivity index (χ3v) is 3.81. The predicted octanol–water partition coefficient (Wildman–Crippen LogP) is 1.31. The quantitative estimate of drug-likeness (QED) is 0.623. The van der Waals surface area contributed by atoms with Crippen LogP contribution < -0.4 is 5.73 Å². The van der Waals surface area contributed by atoms with Gasteiger partial charge in [0.25, 0.3) is 0 Å². The van der Waals surface area contributed by atoms with Crippen molar-refractivity contribution >= 4 is 5.69 Å². The van der Waals surface area contributed by atoms with E-state index in [1.54, 1.807) is 6.07 Å². The molecule has 1 spiro atoms. The largest absolute Gasteiger partial charge is 0.506 e. The molecule has 0 aromatic heterocycles. The molecule has 0 radical (unpaired) electrons. The lowest BCUT2D eigenvalue weighted by molar-refractivity contribution is -0.190. The van der Waals surface area contributed by atoms with Crippen LogP contribution in [0.15, 0.2) is 18.2 Å². The summed E-state index contributed by atoms with van der Waals surface area (Å²) < 4.78 is 11.5. The molecule has 0 bridgehead atoms. The van der Waals surface area contributed by atoms with Crippen LogP contribution in [0, 0.1) is 0 Å². The predicted molar refractivity (Wildman–Crippen MR) is 71.7 cm³/mol. The first-order valence-corrected chi connectivity index (χ1v) is 6.75. The Labute approximate surface area is 112 Å². The Morgan fingerprint density at radius 2 is 2.11 bits per heavy atom. The van der Waals surface area contributed by atoms with E-state index in [2.05, 4.69) is 4.90 Å². The minimum atomic E-state index is -0.388. The van der Waals surface area contributed by atoms with E-state index in [1.807, 2.05) is 12.1 Å². The summed E-state index contributed by atoms with van der Waals surface area (Å²) in [5.74, 6) is -0.248. The molecule has 0 saturated carbocycles. The van der Waals surface area contributed by atoms with Gasteiger partial charge in [0.05, 0.1) is 25.4 Å². The summed E-state index contributed by atoms with van der Waals surface area (Å²) in [5, 5.41) is 9.44. The molecule has 5 nitrogen and oxygen atoms in total. The number of piperidine rings is 1. The van der Waals surface area contributed by atoms with E-state index in [9.17, 15) is 5.11 Å². The van der Waals surface area contributed by atoms with E-state index in [1.165, 1.54) is 0 Å². The molecule has 0 atom stereocenters. The maximum atomic E-state index is 9.44. The lowest BCUT2D eigenvalue weighted by Gasteiger charge is -2.38. The van der Waals surface area contributed by atoms with Crippen molar-refractivity contribution in [3.63, 3.8) is 0 Å². The molecule has 1 aromatic rings. The van der Waals surface area contributed by atoms with E-state index in [4.69, 9.17) is 15.2 Å².